The summed E-state index contributed by atoms with van der Waals surface area (Å²) in [5.41, 5.74) is 0.497. The number of benzene rings is 1. The summed E-state index contributed by atoms with van der Waals surface area (Å²) in [6, 6.07) is 4.46. The maximum Gasteiger partial charge on any atom is 0.308 e. The number of phenolic OH excluding ortho intramolecular Hbond substituents is 1. The summed E-state index contributed by atoms with van der Waals surface area (Å²) in [4.78, 5) is 11.0. The SMILES string of the molecule is CCOc1cc([C@@H](O)CC(=O)OC)ccc1O. The molecule has 94 valence electrons. The Balaban J connectivity index is 2.83. The number of aliphatic hydroxyl groups excluding tert-OH is 1. The maximum atomic E-state index is 11.0. The standard InChI is InChI=1S/C12H16O5/c1-3-17-11-6-8(4-5-9(11)13)10(14)7-12(15)16-2/h4-6,10,13-14H,3,7H2,1-2H3/t10-/m0/s1. The van der Waals surface area contributed by atoms with Gasteiger partial charge in [0.1, 0.15) is 0 Å². The highest BCUT2D eigenvalue weighted by Gasteiger charge is 2.15. The first kappa shape index (κ1) is 13.3. The Hall–Kier alpha value is -1.75. The normalized spacial score (nSPS) is 11.9. The molecular formula is C12H16O5. The molecule has 0 aliphatic carbocycles. The Bertz CT molecular complexity index is 388. The first-order valence-electron chi connectivity index (χ1n) is 5.29. The van der Waals surface area contributed by atoms with Crippen molar-refractivity contribution in [3.8, 4) is 11.5 Å². The zero-order chi connectivity index (χ0) is 12.8. The summed E-state index contributed by atoms with van der Waals surface area (Å²) >= 11 is 0. The molecule has 2 N–H and O–H groups in total. The number of methoxy groups -OCH3 is 1. The van der Waals surface area contributed by atoms with Crippen LogP contribution in [-0.4, -0.2) is 29.9 Å². The second-order valence-corrected chi connectivity index (χ2v) is 3.46. The van der Waals surface area contributed by atoms with Crippen LogP contribution in [0, 0.1) is 0 Å². The van der Waals surface area contributed by atoms with E-state index in [4.69, 9.17) is 4.74 Å². The van der Waals surface area contributed by atoms with Gasteiger partial charge in [0.25, 0.3) is 0 Å². The average molecular weight is 240 g/mol. The lowest BCUT2D eigenvalue weighted by Gasteiger charge is -2.12. The Kier molecular flexibility index (Phi) is 4.78. The van der Waals surface area contributed by atoms with Crippen LogP contribution in [-0.2, 0) is 9.53 Å². The van der Waals surface area contributed by atoms with Crippen LogP contribution in [0.2, 0.25) is 0 Å². The summed E-state index contributed by atoms with van der Waals surface area (Å²) in [6.45, 7) is 2.20. The monoisotopic (exact) mass is 240 g/mol. The van der Waals surface area contributed by atoms with Gasteiger partial charge < -0.3 is 19.7 Å². The lowest BCUT2D eigenvalue weighted by Crippen LogP contribution is -2.08. The molecule has 0 radical (unpaired) electrons. The molecule has 1 aromatic rings. The molecule has 1 atom stereocenters. The van der Waals surface area contributed by atoms with Crippen molar-refractivity contribution in [2.45, 2.75) is 19.4 Å². The van der Waals surface area contributed by atoms with E-state index < -0.39 is 12.1 Å². The van der Waals surface area contributed by atoms with Crippen molar-refractivity contribution in [1.82, 2.24) is 0 Å². The quantitative estimate of drug-likeness (QED) is 0.760. The van der Waals surface area contributed by atoms with Gasteiger partial charge in [-0.3, -0.25) is 4.79 Å². The molecule has 0 aliphatic rings. The van der Waals surface area contributed by atoms with Crippen LogP contribution < -0.4 is 4.74 Å². The predicted octanol–water partition coefficient (Wildman–Crippen LogP) is 1.39. The smallest absolute Gasteiger partial charge is 0.308 e. The molecule has 0 aliphatic heterocycles. The molecule has 17 heavy (non-hydrogen) atoms. The van der Waals surface area contributed by atoms with Crippen LogP contribution in [0.5, 0.6) is 11.5 Å². The number of aliphatic hydroxyl groups is 1. The zero-order valence-electron chi connectivity index (χ0n) is 9.84. The lowest BCUT2D eigenvalue weighted by molar-refractivity contribution is -0.142. The number of ether oxygens (including phenoxy) is 2. The zero-order valence-corrected chi connectivity index (χ0v) is 9.84. The number of aromatic hydroxyl groups is 1. The van der Waals surface area contributed by atoms with E-state index in [2.05, 4.69) is 4.74 Å². The number of rotatable bonds is 5. The Morgan fingerprint density at radius 1 is 1.47 bits per heavy atom. The fourth-order valence-electron chi connectivity index (χ4n) is 1.37. The second kappa shape index (κ2) is 6.10. The first-order valence-corrected chi connectivity index (χ1v) is 5.29. The molecule has 0 fully saturated rings. The van der Waals surface area contributed by atoms with Crippen molar-refractivity contribution in [2.75, 3.05) is 13.7 Å². The van der Waals surface area contributed by atoms with Gasteiger partial charge in [-0.15, -0.1) is 0 Å². The molecule has 0 amide bonds. The number of carbonyl (C=O) groups excluding carboxylic acids is 1. The van der Waals surface area contributed by atoms with E-state index in [1.165, 1.54) is 25.3 Å². The van der Waals surface area contributed by atoms with Crippen LogP contribution in [0.25, 0.3) is 0 Å². The number of hydrogen-bond donors (Lipinski definition) is 2. The maximum absolute atomic E-state index is 11.0. The van der Waals surface area contributed by atoms with Gasteiger partial charge in [0.05, 0.1) is 26.2 Å². The number of hydrogen-bond acceptors (Lipinski definition) is 5. The number of phenols is 1. The van der Waals surface area contributed by atoms with Crippen LogP contribution in [0.15, 0.2) is 18.2 Å². The fraction of sp³-hybridized carbons (Fsp3) is 0.417. The first-order chi connectivity index (χ1) is 8.08. The van der Waals surface area contributed by atoms with Gasteiger partial charge in [-0.25, -0.2) is 0 Å². The lowest BCUT2D eigenvalue weighted by atomic mass is 10.1. The van der Waals surface area contributed by atoms with Crippen LogP contribution in [0.4, 0.5) is 0 Å². The Labute approximate surface area is 99.6 Å². The van der Waals surface area contributed by atoms with Crippen molar-refractivity contribution in [1.29, 1.82) is 0 Å². The average Bonchev–Trinajstić information content (AvgIpc) is 2.32. The molecule has 0 aromatic heterocycles. The van der Waals surface area contributed by atoms with E-state index in [1.54, 1.807) is 6.92 Å². The number of esters is 1. The van der Waals surface area contributed by atoms with E-state index in [-0.39, 0.29) is 17.9 Å². The van der Waals surface area contributed by atoms with E-state index in [0.29, 0.717) is 12.2 Å². The van der Waals surface area contributed by atoms with Crippen molar-refractivity contribution in [3.63, 3.8) is 0 Å². The molecule has 1 aromatic carbocycles. The van der Waals surface area contributed by atoms with Crippen molar-refractivity contribution < 1.29 is 24.5 Å². The van der Waals surface area contributed by atoms with E-state index in [0.717, 1.165) is 0 Å². The molecule has 0 bridgehead atoms. The van der Waals surface area contributed by atoms with Crippen molar-refractivity contribution >= 4 is 5.97 Å². The summed E-state index contributed by atoms with van der Waals surface area (Å²) in [5, 5.41) is 19.2. The van der Waals surface area contributed by atoms with Crippen LogP contribution in [0.1, 0.15) is 25.0 Å². The third kappa shape index (κ3) is 3.64. The molecule has 1 rings (SSSR count). The summed E-state index contributed by atoms with van der Waals surface area (Å²) in [7, 11) is 1.26. The topological polar surface area (TPSA) is 76.0 Å². The van der Waals surface area contributed by atoms with E-state index >= 15 is 0 Å². The van der Waals surface area contributed by atoms with Gasteiger partial charge in [0.2, 0.25) is 0 Å². The molecule has 5 nitrogen and oxygen atoms in total. The molecule has 0 saturated heterocycles. The molecule has 0 spiro atoms. The molecule has 0 saturated carbocycles. The van der Waals surface area contributed by atoms with Gasteiger partial charge in [-0.2, -0.15) is 0 Å². The van der Waals surface area contributed by atoms with Gasteiger partial charge in [-0.05, 0) is 24.6 Å². The highest BCUT2D eigenvalue weighted by molar-refractivity contribution is 5.70. The van der Waals surface area contributed by atoms with Gasteiger partial charge >= 0.3 is 5.97 Å². The van der Waals surface area contributed by atoms with E-state index in [1.807, 2.05) is 0 Å². The highest BCUT2D eigenvalue weighted by atomic mass is 16.5. The predicted molar refractivity (Wildman–Crippen MR) is 60.9 cm³/mol. The Morgan fingerprint density at radius 3 is 2.76 bits per heavy atom. The van der Waals surface area contributed by atoms with Crippen LogP contribution >= 0.6 is 0 Å². The highest BCUT2D eigenvalue weighted by Crippen LogP contribution is 2.30. The molecule has 0 heterocycles. The van der Waals surface area contributed by atoms with Crippen molar-refractivity contribution in [3.05, 3.63) is 23.8 Å². The fourth-order valence-corrected chi connectivity index (χ4v) is 1.37. The molecular weight excluding hydrogens is 224 g/mol. The Morgan fingerprint density at radius 2 is 2.18 bits per heavy atom. The minimum atomic E-state index is -0.970. The minimum absolute atomic E-state index is 0.000804. The van der Waals surface area contributed by atoms with Crippen LogP contribution in [0.3, 0.4) is 0 Å². The third-order valence-electron chi connectivity index (χ3n) is 2.26. The minimum Gasteiger partial charge on any atom is -0.504 e. The van der Waals surface area contributed by atoms with E-state index in [9.17, 15) is 15.0 Å². The van der Waals surface area contributed by atoms with Gasteiger partial charge in [0, 0.05) is 0 Å². The summed E-state index contributed by atoms with van der Waals surface area (Å²) in [5.74, 6) is -0.210. The van der Waals surface area contributed by atoms with Gasteiger partial charge in [-0.1, -0.05) is 6.07 Å². The largest absolute Gasteiger partial charge is 0.504 e. The van der Waals surface area contributed by atoms with Gasteiger partial charge in [0.15, 0.2) is 11.5 Å². The third-order valence-corrected chi connectivity index (χ3v) is 2.26. The summed E-state index contributed by atoms with van der Waals surface area (Å²) in [6.07, 6.45) is -1.10. The summed E-state index contributed by atoms with van der Waals surface area (Å²) < 4.78 is 9.65. The molecule has 0 unspecified atom stereocenters. The molecule has 5 heteroatoms. The van der Waals surface area contributed by atoms with Crippen molar-refractivity contribution in [2.24, 2.45) is 0 Å². The number of carbonyl (C=O) groups is 1. The second-order valence-electron chi connectivity index (χ2n) is 3.46.